The number of hydrogen-bond donors (Lipinski definition) is 0. The zero-order chi connectivity index (χ0) is 15.7. The second kappa shape index (κ2) is 5.65. The fraction of sp³-hybridized carbons (Fsp3) is 0.462. The predicted molar refractivity (Wildman–Crippen MR) is 75.8 cm³/mol. The highest BCUT2D eigenvalue weighted by atomic mass is 32.2. The summed E-state index contributed by atoms with van der Waals surface area (Å²) in [5.74, 6) is 0.694. The Labute approximate surface area is 128 Å². The number of aryl methyl sites for hydroxylation is 2. The van der Waals surface area contributed by atoms with Crippen molar-refractivity contribution in [3.05, 3.63) is 30.0 Å². The molecule has 1 fully saturated rings. The molecule has 2 aromatic rings. The van der Waals surface area contributed by atoms with E-state index in [1.807, 2.05) is 0 Å². The molecule has 0 amide bonds. The summed E-state index contributed by atoms with van der Waals surface area (Å²) in [6, 6.07) is 0. The van der Waals surface area contributed by atoms with Crippen molar-refractivity contribution in [3.63, 3.8) is 0 Å². The number of hydrogen-bond acceptors (Lipinski definition) is 7. The minimum Gasteiger partial charge on any atom is -0.472 e. The Morgan fingerprint density at radius 3 is 2.82 bits per heavy atom. The molecule has 9 heteroatoms. The Kier molecular flexibility index (Phi) is 3.83. The predicted octanol–water partition coefficient (Wildman–Crippen LogP) is 0.923. The fourth-order valence-corrected chi connectivity index (χ4v) is 4.28. The van der Waals surface area contributed by atoms with Crippen molar-refractivity contribution in [2.75, 3.05) is 13.1 Å². The topological polar surface area (TPSA) is 98.4 Å². The van der Waals surface area contributed by atoms with Gasteiger partial charge in [-0.05, 0) is 20.3 Å². The van der Waals surface area contributed by atoms with Crippen molar-refractivity contribution in [1.82, 2.24) is 19.4 Å². The van der Waals surface area contributed by atoms with Gasteiger partial charge in [-0.15, -0.1) is 0 Å². The van der Waals surface area contributed by atoms with Crippen molar-refractivity contribution >= 4 is 10.0 Å². The molecule has 0 radical (unpaired) electrons. The van der Waals surface area contributed by atoms with Crippen LogP contribution < -0.4 is 4.74 Å². The molecule has 0 aromatic carbocycles. The van der Waals surface area contributed by atoms with Crippen LogP contribution in [-0.2, 0) is 10.0 Å². The first-order valence-electron chi connectivity index (χ1n) is 6.84. The van der Waals surface area contributed by atoms with Gasteiger partial charge in [0.25, 0.3) is 0 Å². The minimum atomic E-state index is -3.62. The summed E-state index contributed by atoms with van der Waals surface area (Å²) in [7, 11) is -3.62. The van der Waals surface area contributed by atoms with E-state index in [1.165, 1.54) is 16.7 Å². The number of rotatable bonds is 4. The van der Waals surface area contributed by atoms with Gasteiger partial charge >= 0.3 is 0 Å². The van der Waals surface area contributed by atoms with Crippen molar-refractivity contribution in [1.29, 1.82) is 0 Å². The van der Waals surface area contributed by atoms with E-state index >= 15 is 0 Å². The highest BCUT2D eigenvalue weighted by Crippen LogP contribution is 2.27. The van der Waals surface area contributed by atoms with E-state index in [0.29, 0.717) is 30.3 Å². The van der Waals surface area contributed by atoms with Gasteiger partial charge in [0.15, 0.2) is 5.76 Å². The quantitative estimate of drug-likeness (QED) is 0.824. The molecule has 3 rings (SSSR count). The van der Waals surface area contributed by atoms with Gasteiger partial charge in [-0.25, -0.2) is 13.4 Å². The average Bonchev–Trinajstić information content (AvgIpc) is 3.08. The zero-order valence-electron chi connectivity index (χ0n) is 12.3. The van der Waals surface area contributed by atoms with Gasteiger partial charge in [0, 0.05) is 18.9 Å². The molecule has 0 spiro atoms. The average molecular weight is 324 g/mol. The van der Waals surface area contributed by atoms with Crippen LogP contribution in [0.2, 0.25) is 0 Å². The normalized spacial score (nSPS) is 19.5. The number of aromatic nitrogens is 3. The SMILES string of the molecule is Cc1noc(C)c1S(=O)(=O)N1CCC(Oc2cnccn2)C1. The van der Waals surface area contributed by atoms with E-state index < -0.39 is 10.0 Å². The standard InChI is InChI=1S/C13H16N4O4S/c1-9-13(10(2)21-16-9)22(18,19)17-6-3-11(8-17)20-12-7-14-4-5-15-12/h4-5,7,11H,3,6,8H2,1-2H3. The summed E-state index contributed by atoms with van der Waals surface area (Å²) >= 11 is 0. The van der Waals surface area contributed by atoms with Gasteiger partial charge in [0.05, 0.1) is 12.7 Å². The number of ether oxygens (including phenoxy) is 1. The molecular weight excluding hydrogens is 308 g/mol. The Hall–Kier alpha value is -2.00. The molecule has 1 unspecified atom stereocenters. The molecule has 1 aliphatic heterocycles. The molecule has 2 aromatic heterocycles. The van der Waals surface area contributed by atoms with Crippen molar-refractivity contribution in [3.8, 4) is 5.88 Å². The van der Waals surface area contributed by atoms with Crippen LogP contribution in [0.4, 0.5) is 0 Å². The summed E-state index contributed by atoms with van der Waals surface area (Å²) in [6.07, 6.45) is 4.94. The van der Waals surface area contributed by atoms with E-state index in [4.69, 9.17) is 9.26 Å². The first kappa shape index (κ1) is 14.9. The molecular formula is C13H16N4O4S. The van der Waals surface area contributed by atoms with Gasteiger partial charge in [-0.3, -0.25) is 4.98 Å². The third-order valence-corrected chi connectivity index (χ3v) is 5.61. The zero-order valence-corrected chi connectivity index (χ0v) is 13.1. The third kappa shape index (κ3) is 2.69. The van der Waals surface area contributed by atoms with E-state index in [2.05, 4.69) is 15.1 Å². The molecule has 0 aliphatic carbocycles. The van der Waals surface area contributed by atoms with E-state index in [1.54, 1.807) is 20.0 Å². The van der Waals surface area contributed by atoms with Gasteiger partial charge in [-0.1, -0.05) is 5.16 Å². The van der Waals surface area contributed by atoms with Crippen molar-refractivity contribution in [2.24, 2.45) is 0 Å². The van der Waals surface area contributed by atoms with Crippen LogP contribution in [0.5, 0.6) is 5.88 Å². The van der Waals surface area contributed by atoms with Gasteiger partial charge in [0.1, 0.15) is 16.7 Å². The van der Waals surface area contributed by atoms with Gasteiger partial charge in [0.2, 0.25) is 15.9 Å². The number of nitrogens with zero attached hydrogens (tertiary/aromatic N) is 4. The highest BCUT2D eigenvalue weighted by Gasteiger charge is 2.37. The van der Waals surface area contributed by atoms with Gasteiger partial charge < -0.3 is 9.26 Å². The Balaban J connectivity index is 1.75. The highest BCUT2D eigenvalue weighted by molar-refractivity contribution is 7.89. The van der Waals surface area contributed by atoms with Crippen LogP contribution in [0.3, 0.4) is 0 Å². The molecule has 0 bridgehead atoms. The molecule has 1 atom stereocenters. The molecule has 0 N–H and O–H groups in total. The summed E-state index contributed by atoms with van der Waals surface area (Å²) in [5, 5.41) is 3.71. The first-order chi connectivity index (χ1) is 10.5. The largest absolute Gasteiger partial charge is 0.472 e. The Morgan fingerprint density at radius 1 is 1.36 bits per heavy atom. The van der Waals surface area contributed by atoms with Crippen LogP contribution in [0, 0.1) is 13.8 Å². The maximum absolute atomic E-state index is 12.7. The Bertz CT molecular complexity index is 740. The molecule has 22 heavy (non-hydrogen) atoms. The number of sulfonamides is 1. The lowest BCUT2D eigenvalue weighted by Crippen LogP contribution is -2.31. The molecule has 1 saturated heterocycles. The smallest absolute Gasteiger partial charge is 0.248 e. The lowest BCUT2D eigenvalue weighted by molar-refractivity contribution is 0.206. The summed E-state index contributed by atoms with van der Waals surface area (Å²) in [4.78, 5) is 8.09. The van der Waals surface area contributed by atoms with Crippen LogP contribution in [-0.4, -0.2) is 47.0 Å². The lowest BCUT2D eigenvalue weighted by atomic mass is 10.3. The molecule has 118 valence electrons. The van der Waals surface area contributed by atoms with E-state index in [9.17, 15) is 8.42 Å². The molecule has 3 heterocycles. The van der Waals surface area contributed by atoms with Crippen LogP contribution >= 0.6 is 0 Å². The summed E-state index contributed by atoms with van der Waals surface area (Å²) in [5.41, 5.74) is 0.371. The molecule has 0 saturated carbocycles. The molecule has 1 aliphatic rings. The van der Waals surface area contributed by atoms with Crippen LogP contribution in [0.25, 0.3) is 0 Å². The van der Waals surface area contributed by atoms with Crippen molar-refractivity contribution in [2.45, 2.75) is 31.3 Å². The maximum atomic E-state index is 12.7. The minimum absolute atomic E-state index is 0.146. The fourth-order valence-electron chi connectivity index (χ4n) is 2.50. The summed E-state index contributed by atoms with van der Waals surface area (Å²) < 4.78 is 37.4. The van der Waals surface area contributed by atoms with Crippen molar-refractivity contribution < 1.29 is 17.7 Å². The Morgan fingerprint density at radius 2 is 2.18 bits per heavy atom. The van der Waals surface area contributed by atoms with Crippen LogP contribution in [0.15, 0.2) is 28.0 Å². The summed E-state index contributed by atoms with van der Waals surface area (Å²) in [6.45, 7) is 3.86. The maximum Gasteiger partial charge on any atom is 0.248 e. The van der Waals surface area contributed by atoms with Crippen LogP contribution in [0.1, 0.15) is 17.9 Å². The second-order valence-corrected chi connectivity index (χ2v) is 6.96. The second-order valence-electron chi connectivity index (χ2n) is 5.09. The molecule has 8 nitrogen and oxygen atoms in total. The van der Waals surface area contributed by atoms with E-state index in [-0.39, 0.29) is 17.5 Å². The monoisotopic (exact) mass is 324 g/mol. The first-order valence-corrected chi connectivity index (χ1v) is 8.28. The van der Waals surface area contributed by atoms with E-state index in [0.717, 1.165) is 0 Å². The van der Waals surface area contributed by atoms with Gasteiger partial charge in [-0.2, -0.15) is 4.31 Å². The third-order valence-electron chi connectivity index (χ3n) is 3.50. The lowest BCUT2D eigenvalue weighted by Gasteiger charge is -2.16.